The van der Waals surface area contributed by atoms with Crippen LogP contribution in [0.15, 0.2) is 72.8 Å². The molecule has 8 nitrogen and oxygen atoms in total. The van der Waals surface area contributed by atoms with Crippen molar-refractivity contribution in [3.8, 4) is 11.5 Å². The van der Waals surface area contributed by atoms with Gasteiger partial charge in [-0.15, -0.1) is 0 Å². The zero-order valence-corrected chi connectivity index (χ0v) is 16.4. The molecular weight excluding hydrogens is 402 g/mol. The molecule has 3 aromatic rings. The van der Waals surface area contributed by atoms with Crippen molar-refractivity contribution >= 4 is 17.4 Å². The number of Topliss-reactive ketones (excluding diaryl/α,β-unsaturated/α-hetero) is 1. The average Bonchev–Trinajstić information content (AvgIpc) is 2.77. The van der Waals surface area contributed by atoms with Crippen LogP contribution < -0.4 is 9.47 Å². The van der Waals surface area contributed by atoms with Gasteiger partial charge in [-0.3, -0.25) is 14.9 Å². The van der Waals surface area contributed by atoms with Gasteiger partial charge in [0.1, 0.15) is 13.2 Å². The molecule has 0 aliphatic rings. The summed E-state index contributed by atoms with van der Waals surface area (Å²) >= 11 is 0. The Balaban J connectivity index is 1.94. The molecule has 0 atom stereocenters. The van der Waals surface area contributed by atoms with Gasteiger partial charge in [-0.25, -0.2) is 4.79 Å². The third-order valence-electron chi connectivity index (χ3n) is 4.41. The highest BCUT2D eigenvalue weighted by Crippen LogP contribution is 2.36. The highest BCUT2D eigenvalue weighted by molar-refractivity contribution is 6.33. The molecule has 0 unspecified atom stereocenters. The molecule has 0 aliphatic heterocycles. The minimum absolute atomic E-state index is 0.0625. The molecule has 0 radical (unpaired) electrons. The number of carbonyl (C=O) groups excluding carboxylic acids is 1. The lowest BCUT2D eigenvalue weighted by Crippen LogP contribution is -2.16. The average molecular weight is 421 g/mol. The molecule has 0 amide bonds. The molecule has 3 rings (SSSR count). The lowest BCUT2D eigenvalue weighted by atomic mass is 10.1. The van der Waals surface area contributed by atoms with E-state index in [4.69, 9.17) is 14.6 Å². The quantitative estimate of drug-likeness (QED) is 0.299. The molecule has 1 N–H and O–H groups in total. The van der Waals surface area contributed by atoms with Crippen LogP contribution in [0.5, 0.6) is 11.5 Å². The van der Waals surface area contributed by atoms with E-state index in [2.05, 4.69) is 0 Å². The second-order valence-corrected chi connectivity index (χ2v) is 6.64. The van der Waals surface area contributed by atoms with Crippen molar-refractivity contribution in [3.05, 3.63) is 99.6 Å². The van der Waals surface area contributed by atoms with Gasteiger partial charge in [0.05, 0.1) is 11.0 Å². The summed E-state index contributed by atoms with van der Waals surface area (Å²) in [5.41, 5.74) is 1.24. The first-order valence-corrected chi connectivity index (χ1v) is 9.35. The van der Waals surface area contributed by atoms with E-state index in [9.17, 15) is 19.7 Å². The fraction of sp³-hybridized carbons (Fsp3) is 0.130. The van der Waals surface area contributed by atoms with Crippen LogP contribution in [0.1, 0.15) is 16.7 Å². The molecule has 0 heterocycles. The Hall–Kier alpha value is -4.20. The van der Waals surface area contributed by atoms with Crippen molar-refractivity contribution in [1.29, 1.82) is 0 Å². The molecular formula is C23H19NO7. The van der Waals surface area contributed by atoms with E-state index < -0.39 is 28.8 Å². The Labute approximate surface area is 177 Å². The highest BCUT2D eigenvalue weighted by atomic mass is 16.6. The zero-order chi connectivity index (χ0) is 22.2. The third-order valence-corrected chi connectivity index (χ3v) is 4.41. The molecule has 8 heteroatoms. The largest absolute Gasteiger partial charge is 0.485 e. The lowest BCUT2D eigenvalue weighted by Gasteiger charge is -2.15. The first-order chi connectivity index (χ1) is 14.9. The molecule has 31 heavy (non-hydrogen) atoms. The second-order valence-electron chi connectivity index (χ2n) is 6.64. The summed E-state index contributed by atoms with van der Waals surface area (Å²) in [6.45, 7) is 0.305. The van der Waals surface area contributed by atoms with Crippen LogP contribution in [0.25, 0.3) is 0 Å². The topological polar surface area (TPSA) is 116 Å². The minimum Gasteiger partial charge on any atom is -0.485 e. The van der Waals surface area contributed by atoms with E-state index in [-0.39, 0.29) is 30.3 Å². The monoisotopic (exact) mass is 421 g/mol. The van der Waals surface area contributed by atoms with Gasteiger partial charge < -0.3 is 14.6 Å². The predicted molar refractivity (Wildman–Crippen MR) is 111 cm³/mol. The standard InChI is InChI=1S/C23H19NO7/c25-20(23(26)27)11-18-12-21(30-14-16-7-3-1-4-8-16)22(13-19(18)24(28)29)31-15-17-9-5-2-6-10-17/h1-10,12-13H,11,14-15H2,(H,26,27). The van der Waals surface area contributed by atoms with Crippen molar-refractivity contribution < 1.29 is 29.1 Å². The van der Waals surface area contributed by atoms with Gasteiger partial charge in [0.2, 0.25) is 5.78 Å². The fourth-order valence-electron chi connectivity index (χ4n) is 2.85. The third kappa shape index (κ3) is 5.89. The van der Waals surface area contributed by atoms with Crippen molar-refractivity contribution in [2.75, 3.05) is 0 Å². The van der Waals surface area contributed by atoms with Gasteiger partial charge in [0, 0.05) is 12.0 Å². The number of aliphatic carboxylic acids is 1. The number of benzene rings is 3. The maximum atomic E-state index is 11.7. The molecule has 0 saturated carbocycles. The van der Waals surface area contributed by atoms with Gasteiger partial charge in [-0.2, -0.15) is 0 Å². The number of carbonyl (C=O) groups is 2. The number of carboxylic acids is 1. The molecule has 0 fully saturated rings. The van der Waals surface area contributed by atoms with Gasteiger partial charge in [-0.1, -0.05) is 60.7 Å². The Kier molecular flexibility index (Phi) is 6.95. The Morgan fingerprint density at radius 2 is 1.32 bits per heavy atom. The van der Waals surface area contributed by atoms with Crippen LogP contribution in [-0.2, 0) is 29.2 Å². The smallest absolute Gasteiger partial charge is 0.372 e. The summed E-state index contributed by atoms with van der Waals surface area (Å²) in [5.74, 6) is -2.52. The number of nitrogens with zero attached hydrogens (tertiary/aromatic N) is 1. The van der Waals surface area contributed by atoms with Gasteiger partial charge in [0.15, 0.2) is 11.5 Å². The Bertz CT molecular complexity index is 1080. The van der Waals surface area contributed by atoms with Crippen molar-refractivity contribution in [2.24, 2.45) is 0 Å². The molecule has 0 aromatic heterocycles. The van der Waals surface area contributed by atoms with Crippen LogP contribution in [0.3, 0.4) is 0 Å². The summed E-state index contributed by atoms with van der Waals surface area (Å²) in [5, 5.41) is 20.4. The maximum absolute atomic E-state index is 11.7. The Morgan fingerprint density at radius 1 is 0.839 bits per heavy atom. The normalized spacial score (nSPS) is 10.3. The van der Waals surface area contributed by atoms with E-state index in [1.165, 1.54) is 6.07 Å². The van der Waals surface area contributed by atoms with E-state index in [0.29, 0.717) is 0 Å². The number of carboxylic acid groups (broad SMARTS) is 1. The van der Waals surface area contributed by atoms with Gasteiger partial charge >= 0.3 is 5.97 Å². The second kappa shape index (κ2) is 10.0. The summed E-state index contributed by atoms with van der Waals surface area (Å²) < 4.78 is 11.6. The van der Waals surface area contributed by atoms with Crippen LogP contribution in [0.4, 0.5) is 5.69 Å². The molecule has 0 aliphatic carbocycles. The van der Waals surface area contributed by atoms with Crippen LogP contribution in [-0.4, -0.2) is 21.8 Å². The fourth-order valence-corrected chi connectivity index (χ4v) is 2.85. The molecule has 0 spiro atoms. The number of nitro groups is 1. The van der Waals surface area contributed by atoms with Crippen molar-refractivity contribution in [3.63, 3.8) is 0 Å². The highest BCUT2D eigenvalue weighted by Gasteiger charge is 2.24. The number of nitro benzene ring substituents is 1. The first-order valence-electron chi connectivity index (χ1n) is 9.35. The molecule has 158 valence electrons. The number of hydrogen-bond acceptors (Lipinski definition) is 6. The lowest BCUT2D eigenvalue weighted by molar-refractivity contribution is -0.385. The van der Waals surface area contributed by atoms with Crippen LogP contribution >= 0.6 is 0 Å². The molecule has 0 bridgehead atoms. The summed E-state index contributed by atoms with van der Waals surface area (Å²) in [6, 6.07) is 20.9. The van der Waals surface area contributed by atoms with E-state index in [1.54, 1.807) is 0 Å². The zero-order valence-electron chi connectivity index (χ0n) is 16.4. The van der Waals surface area contributed by atoms with Gasteiger partial charge in [0.25, 0.3) is 5.69 Å². The predicted octanol–water partition coefficient (Wildman–Crippen LogP) is 3.95. The van der Waals surface area contributed by atoms with E-state index in [1.807, 2.05) is 60.7 Å². The first kappa shape index (κ1) is 21.5. The minimum atomic E-state index is -1.66. The van der Waals surface area contributed by atoms with Gasteiger partial charge in [-0.05, 0) is 17.2 Å². The molecule has 3 aromatic carbocycles. The van der Waals surface area contributed by atoms with Crippen LogP contribution in [0, 0.1) is 10.1 Å². The summed E-state index contributed by atoms with van der Waals surface area (Å²) in [6.07, 6.45) is -0.633. The summed E-state index contributed by atoms with van der Waals surface area (Å²) in [7, 11) is 0. The van der Waals surface area contributed by atoms with Crippen molar-refractivity contribution in [2.45, 2.75) is 19.6 Å². The molecule has 0 saturated heterocycles. The Morgan fingerprint density at radius 3 is 1.77 bits per heavy atom. The van der Waals surface area contributed by atoms with E-state index in [0.717, 1.165) is 17.2 Å². The SMILES string of the molecule is O=C(O)C(=O)Cc1cc(OCc2ccccc2)c(OCc2ccccc2)cc1[N+](=O)[O-]. The van der Waals surface area contributed by atoms with Crippen LogP contribution in [0.2, 0.25) is 0 Å². The van der Waals surface area contributed by atoms with Crippen molar-refractivity contribution in [1.82, 2.24) is 0 Å². The number of ether oxygens (including phenoxy) is 2. The number of hydrogen-bond donors (Lipinski definition) is 1. The number of rotatable bonds is 10. The van der Waals surface area contributed by atoms with E-state index >= 15 is 0 Å². The maximum Gasteiger partial charge on any atom is 0.372 e. The summed E-state index contributed by atoms with van der Waals surface area (Å²) in [4.78, 5) is 33.5. The number of ketones is 1.